The highest BCUT2D eigenvalue weighted by Crippen LogP contribution is 2.17. The zero-order valence-electron chi connectivity index (χ0n) is 13.7. The summed E-state index contributed by atoms with van der Waals surface area (Å²) in [6.45, 7) is 5.73. The molecule has 0 spiro atoms. The molecule has 1 saturated heterocycles. The van der Waals surface area contributed by atoms with Gasteiger partial charge in [-0.3, -0.25) is 5.01 Å². The predicted molar refractivity (Wildman–Crippen MR) is 96.0 cm³/mol. The van der Waals surface area contributed by atoms with Crippen LogP contribution in [0.5, 0.6) is 0 Å². The third kappa shape index (κ3) is 3.93. The number of piperazine rings is 1. The fraction of sp³-hybridized carbons (Fsp3) is 0.263. The van der Waals surface area contributed by atoms with Crippen LogP contribution in [0.15, 0.2) is 53.6 Å². The number of aryl methyl sites for hydroxylation is 1. The Kier molecular flexibility index (Phi) is 4.79. The minimum Gasteiger partial charge on any atom is -0.478 e. The van der Waals surface area contributed by atoms with Crippen molar-refractivity contribution in [3.63, 3.8) is 0 Å². The molecule has 0 saturated carbocycles. The van der Waals surface area contributed by atoms with Gasteiger partial charge in [0.2, 0.25) is 0 Å². The number of hydrogen-bond donors (Lipinski definition) is 1. The number of rotatable bonds is 4. The van der Waals surface area contributed by atoms with Crippen molar-refractivity contribution >= 4 is 17.9 Å². The lowest BCUT2D eigenvalue weighted by Gasteiger charge is -2.34. The number of nitrogens with zero attached hydrogens (tertiary/aromatic N) is 3. The second-order valence-corrected chi connectivity index (χ2v) is 5.95. The Balaban J connectivity index is 1.55. The van der Waals surface area contributed by atoms with Crippen LogP contribution in [-0.4, -0.2) is 48.5 Å². The summed E-state index contributed by atoms with van der Waals surface area (Å²) >= 11 is 0. The second-order valence-electron chi connectivity index (χ2n) is 5.95. The van der Waals surface area contributed by atoms with Crippen molar-refractivity contribution < 1.29 is 9.90 Å². The van der Waals surface area contributed by atoms with Gasteiger partial charge >= 0.3 is 5.97 Å². The maximum Gasteiger partial charge on any atom is 0.335 e. The summed E-state index contributed by atoms with van der Waals surface area (Å²) in [5.41, 5.74) is 3.73. The Bertz CT molecular complexity index is 715. The quantitative estimate of drug-likeness (QED) is 0.879. The van der Waals surface area contributed by atoms with E-state index < -0.39 is 5.97 Å². The van der Waals surface area contributed by atoms with Crippen LogP contribution in [0.3, 0.4) is 0 Å². The van der Waals surface area contributed by atoms with Crippen LogP contribution in [0.4, 0.5) is 5.69 Å². The van der Waals surface area contributed by atoms with E-state index in [1.54, 1.807) is 30.5 Å². The van der Waals surface area contributed by atoms with Gasteiger partial charge in [-0.15, -0.1) is 0 Å². The average Bonchev–Trinajstić information content (AvgIpc) is 2.61. The van der Waals surface area contributed by atoms with Crippen molar-refractivity contribution in [3.8, 4) is 0 Å². The maximum absolute atomic E-state index is 10.8. The summed E-state index contributed by atoms with van der Waals surface area (Å²) in [6, 6.07) is 15.3. The summed E-state index contributed by atoms with van der Waals surface area (Å²) in [6.07, 6.45) is 1.78. The molecule has 24 heavy (non-hydrogen) atoms. The van der Waals surface area contributed by atoms with E-state index in [4.69, 9.17) is 5.11 Å². The molecule has 0 aromatic heterocycles. The van der Waals surface area contributed by atoms with Crippen molar-refractivity contribution in [1.82, 2.24) is 5.01 Å². The molecular formula is C19H21N3O2. The molecule has 1 N–H and O–H groups in total. The SMILES string of the molecule is Cc1ccc(N2CCN(N=Cc3ccc(C(=O)O)cc3)CC2)cc1. The van der Waals surface area contributed by atoms with Crippen LogP contribution in [0.1, 0.15) is 21.5 Å². The first-order valence-corrected chi connectivity index (χ1v) is 8.06. The van der Waals surface area contributed by atoms with Crippen molar-refractivity contribution in [2.45, 2.75) is 6.92 Å². The molecule has 5 nitrogen and oxygen atoms in total. The molecular weight excluding hydrogens is 302 g/mol. The fourth-order valence-electron chi connectivity index (χ4n) is 2.69. The van der Waals surface area contributed by atoms with E-state index in [2.05, 4.69) is 46.2 Å². The Morgan fingerprint density at radius 1 is 1.00 bits per heavy atom. The lowest BCUT2D eigenvalue weighted by Crippen LogP contribution is -2.44. The molecule has 2 aromatic carbocycles. The minimum absolute atomic E-state index is 0.291. The number of hydrazone groups is 1. The first-order valence-electron chi connectivity index (χ1n) is 8.06. The van der Waals surface area contributed by atoms with Crippen molar-refractivity contribution in [3.05, 3.63) is 65.2 Å². The molecule has 0 atom stereocenters. The Hall–Kier alpha value is -2.82. The van der Waals surface area contributed by atoms with E-state index in [0.717, 1.165) is 31.7 Å². The van der Waals surface area contributed by atoms with Gasteiger partial charge in [0.15, 0.2) is 0 Å². The van der Waals surface area contributed by atoms with E-state index >= 15 is 0 Å². The van der Waals surface area contributed by atoms with Crippen molar-refractivity contribution in [2.24, 2.45) is 5.10 Å². The van der Waals surface area contributed by atoms with E-state index in [9.17, 15) is 4.79 Å². The first kappa shape index (κ1) is 16.1. The van der Waals surface area contributed by atoms with Gasteiger partial charge in [-0.2, -0.15) is 5.10 Å². The summed E-state index contributed by atoms with van der Waals surface area (Å²) in [5.74, 6) is -0.911. The largest absolute Gasteiger partial charge is 0.478 e. The van der Waals surface area contributed by atoms with Crippen LogP contribution < -0.4 is 4.90 Å². The van der Waals surface area contributed by atoms with Crippen LogP contribution in [0.25, 0.3) is 0 Å². The van der Waals surface area contributed by atoms with Gasteiger partial charge in [-0.25, -0.2) is 4.79 Å². The zero-order valence-corrected chi connectivity index (χ0v) is 13.7. The highest BCUT2D eigenvalue weighted by atomic mass is 16.4. The van der Waals surface area contributed by atoms with Crippen LogP contribution >= 0.6 is 0 Å². The van der Waals surface area contributed by atoms with Gasteiger partial charge in [0.25, 0.3) is 0 Å². The molecule has 0 bridgehead atoms. The Morgan fingerprint density at radius 3 is 2.21 bits per heavy atom. The topological polar surface area (TPSA) is 56.1 Å². The maximum atomic E-state index is 10.8. The summed E-state index contributed by atoms with van der Waals surface area (Å²) in [4.78, 5) is 13.2. The molecule has 0 unspecified atom stereocenters. The van der Waals surface area contributed by atoms with Gasteiger partial charge in [-0.05, 0) is 36.8 Å². The third-order valence-electron chi connectivity index (χ3n) is 4.18. The Morgan fingerprint density at radius 2 is 1.62 bits per heavy atom. The van der Waals surface area contributed by atoms with Gasteiger partial charge < -0.3 is 10.0 Å². The summed E-state index contributed by atoms with van der Waals surface area (Å²) in [7, 11) is 0. The molecule has 124 valence electrons. The highest BCUT2D eigenvalue weighted by molar-refractivity contribution is 5.89. The molecule has 5 heteroatoms. The number of aromatic carboxylic acids is 1. The van der Waals surface area contributed by atoms with E-state index in [1.165, 1.54) is 11.3 Å². The highest BCUT2D eigenvalue weighted by Gasteiger charge is 2.15. The molecule has 1 aliphatic heterocycles. The number of carbonyl (C=O) groups is 1. The molecule has 2 aromatic rings. The van der Waals surface area contributed by atoms with Gasteiger partial charge in [0.1, 0.15) is 0 Å². The van der Waals surface area contributed by atoms with Crippen molar-refractivity contribution in [1.29, 1.82) is 0 Å². The third-order valence-corrected chi connectivity index (χ3v) is 4.18. The van der Waals surface area contributed by atoms with E-state index in [-0.39, 0.29) is 0 Å². The lowest BCUT2D eigenvalue weighted by atomic mass is 10.1. The van der Waals surface area contributed by atoms with Crippen LogP contribution in [0.2, 0.25) is 0 Å². The van der Waals surface area contributed by atoms with Gasteiger partial charge in [0, 0.05) is 18.8 Å². The smallest absolute Gasteiger partial charge is 0.335 e. The van der Waals surface area contributed by atoms with Crippen molar-refractivity contribution in [2.75, 3.05) is 31.1 Å². The molecule has 1 heterocycles. The first-order chi connectivity index (χ1) is 11.6. The van der Waals surface area contributed by atoms with Crippen LogP contribution in [0, 0.1) is 6.92 Å². The number of carboxylic acid groups (broad SMARTS) is 1. The van der Waals surface area contributed by atoms with Gasteiger partial charge in [0.05, 0.1) is 24.9 Å². The second kappa shape index (κ2) is 7.17. The summed E-state index contributed by atoms with van der Waals surface area (Å²) < 4.78 is 0. The average molecular weight is 323 g/mol. The number of benzene rings is 2. The molecule has 3 rings (SSSR count). The zero-order chi connectivity index (χ0) is 16.9. The van der Waals surface area contributed by atoms with Gasteiger partial charge in [-0.1, -0.05) is 29.8 Å². The predicted octanol–water partition coefficient (Wildman–Crippen LogP) is 2.85. The normalized spacial score (nSPS) is 15.0. The van der Waals surface area contributed by atoms with Crippen LogP contribution in [-0.2, 0) is 0 Å². The standard InChI is InChI=1S/C19H21N3O2/c1-15-2-8-18(9-3-15)21-10-12-22(13-11-21)20-14-16-4-6-17(7-5-16)19(23)24/h2-9,14H,10-13H2,1H3,(H,23,24). The Labute approximate surface area is 141 Å². The molecule has 0 aliphatic carbocycles. The number of anilines is 1. The lowest BCUT2D eigenvalue weighted by molar-refractivity contribution is 0.0697. The molecule has 0 amide bonds. The minimum atomic E-state index is -0.911. The monoisotopic (exact) mass is 323 g/mol. The van der Waals surface area contributed by atoms with E-state index in [0.29, 0.717) is 5.56 Å². The summed E-state index contributed by atoms with van der Waals surface area (Å²) in [5, 5.41) is 15.5. The number of hydrogen-bond acceptors (Lipinski definition) is 4. The van der Waals surface area contributed by atoms with E-state index in [1.807, 2.05) is 0 Å². The molecule has 1 fully saturated rings. The molecule has 0 radical (unpaired) electrons. The fourth-order valence-corrected chi connectivity index (χ4v) is 2.69. The molecule has 1 aliphatic rings. The number of carboxylic acids is 1.